The van der Waals surface area contributed by atoms with Crippen LogP contribution in [0.15, 0.2) is 16.9 Å². The first-order chi connectivity index (χ1) is 12.3. The van der Waals surface area contributed by atoms with Crippen molar-refractivity contribution in [1.82, 2.24) is 9.47 Å². The summed E-state index contributed by atoms with van der Waals surface area (Å²) in [6.45, 7) is 7.56. The van der Waals surface area contributed by atoms with Crippen molar-refractivity contribution in [2.75, 3.05) is 26.7 Å². The van der Waals surface area contributed by atoms with E-state index in [1.165, 1.54) is 0 Å². The summed E-state index contributed by atoms with van der Waals surface area (Å²) in [5.74, 6) is -0.451. The fourth-order valence-corrected chi connectivity index (χ4v) is 2.76. The predicted octanol–water partition coefficient (Wildman–Crippen LogP) is 3.21. The van der Waals surface area contributed by atoms with Crippen LogP contribution in [-0.4, -0.2) is 48.1 Å². The second-order valence-electron chi connectivity index (χ2n) is 5.83. The van der Waals surface area contributed by atoms with Crippen molar-refractivity contribution in [3.05, 3.63) is 33.7 Å². The fourth-order valence-electron chi connectivity index (χ4n) is 2.76. The quantitative estimate of drug-likeness (QED) is 0.686. The highest BCUT2D eigenvalue weighted by Gasteiger charge is 2.35. The minimum Gasteiger partial charge on any atom is -0.379 e. The lowest BCUT2D eigenvalue weighted by molar-refractivity contribution is -0.144. The monoisotopic (exact) mass is 376 g/mol. The van der Waals surface area contributed by atoms with Gasteiger partial charge in [0.25, 0.3) is 5.56 Å². The van der Waals surface area contributed by atoms with E-state index in [2.05, 4.69) is 0 Å². The minimum absolute atomic E-state index is 0.0762. The molecule has 1 aliphatic heterocycles. The molecule has 0 bridgehead atoms. The number of carbonyl (C=O) groups is 1. The van der Waals surface area contributed by atoms with Gasteiger partial charge in [0.15, 0.2) is 5.78 Å². The zero-order valence-corrected chi connectivity index (χ0v) is 15.7. The van der Waals surface area contributed by atoms with Gasteiger partial charge >= 0.3 is 6.18 Å². The van der Waals surface area contributed by atoms with Crippen LogP contribution < -0.4 is 5.56 Å². The maximum atomic E-state index is 13.1. The summed E-state index contributed by atoms with van der Waals surface area (Å²) in [6, 6.07) is 1.79. The molecule has 8 heteroatoms. The lowest BCUT2D eigenvalue weighted by Crippen LogP contribution is -2.52. The number of halogens is 3. The van der Waals surface area contributed by atoms with Gasteiger partial charge in [-0.2, -0.15) is 13.2 Å². The van der Waals surface area contributed by atoms with Gasteiger partial charge < -0.3 is 9.30 Å². The van der Waals surface area contributed by atoms with Gasteiger partial charge in [-0.1, -0.05) is 20.8 Å². The van der Waals surface area contributed by atoms with Crippen LogP contribution in [-0.2, 0) is 17.5 Å². The molecule has 1 fully saturated rings. The van der Waals surface area contributed by atoms with E-state index in [0.717, 1.165) is 25.2 Å². The zero-order chi connectivity index (χ0) is 19.9. The molecule has 0 amide bonds. The number of rotatable bonds is 7. The van der Waals surface area contributed by atoms with E-state index >= 15 is 0 Å². The van der Waals surface area contributed by atoms with Crippen molar-refractivity contribution in [2.24, 2.45) is 0 Å². The van der Waals surface area contributed by atoms with Crippen molar-refractivity contribution in [2.45, 2.75) is 52.4 Å². The Kier molecular flexibility index (Phi) is 8.49. The average Bonchev–Trinajstić information content (AvgIpc) is 2.58. The lowest BCUT2D eigenvalue weighted by atomic mass is 10.1. The number of likely N-dealkylation sites (tertiary alicyclic amines) is 1. The Morgan fingerprint density at radius 3 is 2.35 bits per heavy atom. The van der Waals surface area contributed by atoms with Gasteiger partial charge in [-0.15, -0.1) is 0 Å². The molecule has 5 nitrogen and oxygen atoms in total. The molecule has 0 aromatic carbocycles. The van der Waals surface area contributed by atoms with Crippen LogP contribution >= 0.6 is 0 Å². The van der Waals surface area contributed by atoms with Crippen LogP contribution in [0.2, 0.25) is 0 Å². The van der Waals surface area contributed by atoms with Crippen LogP contribution in [0.1, 0.15) is 49.7 Å². The summed E-state index contributed by atoms with van der Waals surface area (Å²) in [4.78, 5) is 26.1. The maximum absolute atomic E-state index is 13.1. The Morgan fingerprint density at radius 2 is 1.85 bits per heavy atom. The summed E-state index contributed by atoms with van der Waals surface area (Å²) in [6.07, 6.45) is -4.00. The summed E-state index contributed by atoms with van der Waals surface area (Å²) < 4.78 is 45.2. The number of hydrogen-bond acceptors (Lipinski definition) is 4. The third kappa shape index (κ3) is 5.41. The van der Waals surface area contributed by atoms with Crippen molar-refractivity contribution in [1.29, 1.82) is 0 Å². The highest BCUT2D eigenvalue weighted by Crippen LogP contribution is 2.28. The SMILES string of the molecule is CC.CCC(=O)c1ccc(C(F)(F)F)n(CCCN2CC(OC)C2)c1=O. The van der Waals surface area contributed by atoms with Crippen molar-refractivity contribution in [3.63, 3.8) is 0 Å². The number of aromatic nitrogens is 1. The number of ether oxygens (including phenoxy) is 1. The fraction of sp³-hybridized carbons (Fsp3) is 0.667. The van der Waals surface area contributed by atoms with Gasteiger partial charge in [0.1, 0.15) is 5.69 Å². The largest absolute Gasteiger partial charge is 0.431 e. The van der Waals surface area contributed by atoms with Gasteiger partial charge in [-0.25, -0.2) is 0 Å². The van der Waals surface area contributed by atoms with Gasteiger partial charge in [0.2, 0.25) is 0 Å². The van der Waals surface area contributed by atoms with E-state index in [1.807, 2.05) is 18.7 Å². The standard InChI is InChI=1S/C16H21F3N2O3.C2H6/c1-3-13(22)12-5-6-14(16(17,18)19)21(15(12)23)8-4-7-20-9-11(10-20)24-2;1-2/h5-6,11H,3-4,7-10H2,1-2H3;1-2H3. The van der Waals surface area contributed by atoms with Gasteiger partial charge in [-0.3, -0.25) is 14.5 Å². The van der Waals surface area contributed by atoms with Crippen molar-refractivity contribution in [3.8, 4) is 0 Å². The number of ketones is 1. The third-order valence-electron chi connectivity index (χ3n) is 4.20. The maximum Gasteiger partial charge on any atom is 0.431 e. The molecule has 0 aliphatic carbocycles. The summed E-state index contributed by atoms with van der Waals surface area (Å²) in [7, 11) is 1.62. The first-order valence-corrected chi connectivity index (χ1v) is 8.87. The Hall–Kier alpha value is -1.67. The Bertz CT molecular complexity index is 650. The first-order valence-electron chi connectivity index (χ1n) is 8.87. The topological polar surface area (TPSA) is 51.5 Å². The number of Topliss-reactive ketones (excluding diaryl/α,β-unsaturated/α-hetero) is 1. The van der Waals surface area contributed by atoms with E-state index in [-0.39, 0.29) is 24.6 Å². The molecular weight excluding hydrogens is 349 g/mol. The number of hydrogen-bond donors (Lipinski definition) is 0. The van der Waals surface area contributed by atoms with E-state index in [1.54, 1.807) is 14.0 Å². The minimum atomic E-state index is -4.63. The third-order valence-corrected chi connectivity index (χ3v) is 4.20. The molecule has 0 unspecified atom stereocenters. The molecule has 0 spiro atoms. The smallest absolute Gasteiger partial charge is 0.379 e. The second-order valence-corrected chi connectivity index (χ2v) is 5.83. The Labute approximate surface area is 151 Å². The molecule has 0 saturated carbocycles. The highest BCUT2D eigenvalue weighted by atomic mass is 19.4. The van der Waals surface area contributed by atoms with E-state index in [9.17, 15) is 22.8 Å². The normalized spacial score (nSPS) is 15.2. The van der Waals surface area contributed by atoms with E-state index in [4.69, 9.17) is 4.74 Å². The summed E-state index contributed by atoms with van der Waals surface area (Å²) in [5, 5.41) is 0. The molecule has 1 aromatic rings. The Balaban J connectivity index is 0.00000163. The predicted molar refractivity (Wildman–Crippen MR) is 93.5 cm³/mol. The molecule has 0 atom stereocenters. The molecule has 2 heterocycles. The van der Waals surface area contributed by atoms with Gasteiger partial charge in [0, 0.05) is 39.7 Å². The first kappa shape index (κ1) is 22.4. The molecular formula is C18H27F3N2O3. The highest BCUT2D eigenvalue weighted by molar-refractivity contribution is 5.95. The number of nitrogens with zero attached hydrogens (tertiary/aromatic N) is 2. The number of carbonyl (C=O) groups excluding carboxylic acids is 1. The van der Waals surface area contributed by atoms with Crippen LogP contribution in [0.5, 0.6) is 0 Å². The molecule has 1 aromatic heterocycles. The van der Waals surface area contributed by atoms with E-state index in [0.29, 0.717) is 17.5 Å². The summed E-state index contributed by atoms with van der Waals surface area (Å²) >= 11 is 0. The molecule has 0 N–H and O–H groups in total. The molecule has 0 radical (unpaired) electrons. The molecule has 26 heavy (non-hydrogen) atoms. The van der Waals surface area contributed by atoms with Crippen molar-refractivity contribution >= 4 is 5.78 Å². The van der Waals surface area contributed by atoms with E-state index < -0.39 is 23.2 Å². The average molecular weight is 376 g/mol. The second kappa shape index (κ2) is 9.87. The van der Waals surface area contributed by atoms with Crippen LogP contribution in [0.25, 0.3) is 0 Å². The zero-order valence-electron chi connectivity index (χ0n) is 15.7. The van der Waals surface area contributed by atoms with Crippen LogP contribution in [0.3, 0.4) is 0 Å². The molecule has 148 valence electrons. The van der Waals surface area contributed by atoms with Crippen LogP contribution in [0.4, 0.5) is 13.2 Å². The molecule has 1 aliphatic rings. The van der Waals surface area contributed by atoms with Crippen molar-refractivity contribution < 1.29 is 22.7 Å². The van der Waals surface area contributed by atoms with Gasteiger partial charge in [0.05, 0.1) is 11.7 Å². The Morgan fingerprint density at radius 1 is 1.23 bits per heavy atom. The number of pyridine rings is 1. The number of alkyl halides is 3. The van der Waals surface area contributed by atoms with Gasteiger partial charge in [-0.05, 0) is 18.6 Å². The number of methoxy groups -OCH3 is 1. The molecule has 2 rings (SSSR count). The lowest BCUT2D eigenvalue weighted by Gasteiger charge is -2.38. The summed E-state index contributed by atoms with van der Waals surface area (Å²) in [5.41, 5.74) is -2.07. The molecule has 1 saturated heterocycles. The van der Waals surface area contributed by atoms with Crippen LogP contribution in [0, 0.1) is 0 Å².